The summed E-state index contributed by atoms with van der Waals surface area (Å²) in [6.07, 6.45) is 0.334. The van der Waals surface area contributed by atoms with Crippen molar-refractivity contribution in [3.63, 3.8) is 0 Å². The van der Waals surface area contributed by atoms with Gasteiger partial charge in [-0.05, 0) is 42.8 Å². The predicted molar refractivity (Wildman–Crippen MR) is 101 cm³/mol. The number of halogens is 2. The number of benzene rings is 2. The van der Waals surface area contributed by atoms with Gasteiger partial charge < -0.3 is 4.52 Å². The first-order valence-corrected chi connectivity index (χ1v) is 10.3. The standard InChI is InChI=1S/C18H13ClFN3O5S/c19-15-6-5-13(9-17(15)23(24)25)29(26,27)22-8-7-14-16(10-22)21-28-18(14)11-1-3-12(20)4-2-11/h1-6,9H,7-8,10H2. The summed E-state index contributed by atoms with van der Waals surface area (Å²) in [6, 6.07) is 9.09. The lowest BCUT2D eigenvalue weighted by atomic mass is 10.0. The second-order valence-corrected chi connectivity index (χ2v) is 8.75. The minimum Gasteiger partial charge on any atom is -0.356 e. The molecule has 0 saturated carbocycles. The molecule has 0 spiro atoms. The van der Waals surface area contributed by atoms with Gasteiger partial charge in [0, 0.05) is 23.7 Å². The summed E-state index contributed by atoms with van der Waals surface area (Å²) >= 11 is 5.77. The minimum atomic E-state index is -4.00. The first kappa shape index (κ1) is 19.5. The molecule has 0 atom stereocenters. The second kappa shape index (κ2) is 7.21. The summed E-state index contributed by atoms with van der Waals surface area (Å²) in [5.41, 5.74) is 1.36. The van der Waals surface area contributed by atoms with Crippen LogP contribution in [0.2, 0.25) is 5.02 Å². The van der Waals surface area contributed by atoms with E-state index in [0.29, 0.717) is 23.4 Å². The molecule has 4 rings (SSSR count). The third kappa shape index (κ3) is 3.50. The molecule has 0 aliphatic carbocycles. The summed E-state index contributed by atoms with van der Waals surface area (Å²) in [4.78, 5) is 10.1. The number of hydrogen-bond acceptors (Lipinski definition) is 6. The van der Waals surface area contributed by atoms with Gasteiger partial charge in [0.1, 0.15) is 16.5 Å². The molecule has 0 amide bonds. The van der Waals surface area contributed by atoms with Crippen LogP contribution >= 0.6 is 11.6 Å². The Kier molecular flexibility index (Phi) is 4.85. The van der Waals surface area contributed by atoms with E-state index >= 15 is 0 Å². The Morgan fingerprint density at radius 2 is 1.93 bits per heavy atom. The number of nitro benzene ring substituents is 1. The topological polar surface area (TPSA) is 107 Å². The smallest absolute Gasteiger partial charge is 0.289 e. The largest absolute Gasteiger partial charge is 0.356 e. The highest BCUT2D eigenvalue weighted by molar-refractivity contribution is 7.89. The molecule has 29 heavy (non-hydrogen) atoms. The van der Waals surface area contributed by atoms with Crippen LogP contribution in [0.3, 0.4) is 0 Å². The Bertz CT molecular complexity index is 1210. The molecule has 8 nitrogen and oxygen atoms in total. The Morgan fingerprint density at radius 3 is 2.62 bits per heavy atom. The molecule has 1 aromatic heterocycles. The zero-order valence-corrected chi connectivity index (χ0v) is 16.3. The Morgan fingerprint density at radius 1 is 1.21 bits per heavy atom. The van der Waals surface area contributed by atoms with Gasteiger partial charge in [0.15, 0.2) is 5.76 Å². The van der Waals surface area contributed by atoms with Crippen molar-refractivity contribution in [3.05, 3.63) is 74.7 Å². The van der Waals surface area contributed by atoms with Gasteiger partial charge >= 0.3 is 0 Å². The van der Waals surface area contributed by atoms with Crippen LogP contribution in [-0.2, 0) is 23.0 Å². The number of fused-ring (bicyclic) bond motifs is 1. The van der Waals surface area contributed by atoms with Gasteiger partial charge in [0.05, 0.1) is 16.4 Å². The molecule has 11 heteroatoms. The van der Waals surface area contributed by atoms with Gasteiger partial charge in [-0.3, -0.25) is 10.1 Å². The van der Waals surface area contributed by atoms with Crippen molar-refractivity contribution in [3.8, 4) is 11.3 Å². The molecule has 150 valence electrons. The molecule has 0 bridgehead atoms. The van der Waals surface area contributed by atoms with E-state index in [0.717, 1.165) is 11.6 Å². The van der Waals surface area contributed by atoms with E-state index in [-0.39, 0.29) is 28.8 Å². The van der Waals surface area contributed by atoms with Crippen molar-refractivity contribution in [2.75, 3.05) is 6.54 Å². The molecule has 2 heterocycles. The maximum absolute atomic E-state index is 13.1. The molecule has 1 aliphatic rings. The monoisotopic (exact) mass is 437 g/mol. The maximum atomic E-state index is 13.1. The van der Waals surface area contributed by atoms with Crippen LogP contribution in [0, 0.1) is 15.9 Å². The number of aromatic nitrogens is 1. The molecular weight excluding hydrogens is 425 g/mol. The fraction of sp³-hybridized carbons (Fsp3) is 0.167. The van der Waals surface area contributed by atoms with Gasteiger partial charge in [0.25, 0.3) is 5.69 Å². The summed E-state index contributed by atoms with van der Waals surface area (Å²) in [7, 11) is -4.00. The van der Waals surface area contributed by atoms with Crippen LogP contribution in [0.5, 0.6) is 0 Å². The SMILES string of the molecule is O=[N+]([O-])c1cc(S(=O)(=O)N2CCc3c(noc3-c3ccc(F)cc3)C2)ccc1Cl. The van der Waals surface area contributed by atoms with Crippen LogP contribution in [0.1, 0.15) is 11.3 Å². The summed E-state index contributed by atoms with van der Waals surface area (Å²) in [6.45, 7) is 0.0972. The van der Waals surface area contributed by atoms with E-state index in [1.807, 2.05) is 0 Å². The molecule has 2 aromatic carbocycles. The lowest BCUT2D eigenvalue weighted by Crippen LogP contribution is -2.36. The van der Waals surface area contributed by atoms with Crippen molar-refractivity contribution < 1.29 is 22.3 Å². The van der Waals surface area contributed by atoms with E-state index in [1.165, 1.54) is 28.6 Å². The number of hydrogen-bond donors (Lipinski definition) is 0. The molecule has 3 aromatic rings. The average molecular weight is 438 g/mol. The quantitative estimate of drug-likeness (QED) is 0.454. The Hall–Kier alpha value is -2.82. The van der Waals surface area contributed by atoms with Crippen molar-refractivity contribution in [2.45, 2.75) is 17.9 Å². The minimum absolute atomic E-state index is 0.0429. The average Bonchev–Trinajstić information content (AvgIpc) is 3.12. The molecular formula is C18H13ClFN3O5S. The summed E-state index contributed by atoms with van der Waals surface area (Å²) < 4.78 is 45.6. The van der Waals surface area contributed by atoms with Gasteiger partial charge in [0.2, 0.25) is 10.0 Å². The molecule has 1 aliphatic heterocycles. The van der Waals surface area contributed by atoms with Gasteiger partial charge in [-0.25, -0.2) is 12.8 Å². The Labute approximate surface area is 169 Å². The van der Waals surface area contributed by atoms with Gasteiger partial charge in [-0.15, -0.1) is 0 Å². The van der Waals surface area contributed by atoms with E-state index in [4.69, 9.17) is 16.1 Å². The van der Waals surface area contributed by atoms with Crippen molar-refractivity contribution in [2.24, 2.45) is 0 Å². The van der Waals surface area contributed by atoms with Crippen molar-refractivity contribution in [1.82, 2.24) is 9.46 Å². The first-order valence-electron chi connectivity index (χ1n) is 8.45. The lowest BCUT2D eigenvalue weighted by Gasteiger charge is -2.25. The second-order valence-electron chi connectivity index (χ2n) is 6.40. The zero-order chi connectivity index (χ0) is 20.8. The highest BCUT2D eigenvalue weighted by Crippen LogP contribution is 2.34. The highest BCUT2D eigenvalue weighted by atomic mass is 35.5. The normalized spacial score (nSPS) is 14.6. The van der Waals surface area contributed by atoms with E-state index < -0.39 is 20.6 Å². The fourth-order valence-electron chi connectivity index (χ4n) is 3.18. The van der Waals surface area contributed by atoms with Crippen molar-refractivity contribution >= 4 is 27.3 Å². The van der Waals surface area contributed by atoms with E-state index in [2.05, 4.69) is 5.16 Å². The number of rotatable bonds is 4. The number of nitrogens with zero attached hydrogens (tertiary/aromatic N) is 3. The van der Waals surface area contributed by atoms with Crippen LogP contribution < -0.4 is 0 Å². The van der Waals surface area contributed by atoms with E-state index in [1.54, 1.807) is 12.1 Å². The fourth-order valence-corrected chi connectivity index (χ4v) is 4.79. The predicted octanol–water partition coefficient (Wildman–Crippen LogP) is 3.79. The third-order valence-corrected chi connectivity index (χ3v) is 6.83. The Balaban J connectivity index is 1.64. The van der Waals surface area contributed by atoms with Crippen LogP contribution in [0.15, 0.2) is 51.9 Å². The first-order chi connectivity index (χ1) is 13.8. The number of sulfonamides is 1. The summed E-state index contributed by atoms with van der Waals surface area (Å²) in [5, 5.41) is 14.9. The molecule has 0 fully saturated rings. The van der Waals surface area contributed by atoms with Gasteiger partial charge in [-0.2, -0.15) is 4.31 Å². The molecule has 0 N–H and O–H groups in total. The van der Waals surface area contributed by atoms with Gasteiger partial charge in [-0.1, -0.05) is 16.8 Å². The van der Waals surface area contributed by atoms with E-state index in [9.17, 15) is 22.9 Å². The maximum Gasteiger partial charge on any atom is 0.289 e. The highest BCUT2D eigenvalue weighted by Gasteiger charge is 2.33. The lowest BCUT2D eigenvalue weighted by molar-refractivity contribution is -0.384. The molecule has 0 saturated heterocycles. The van der Waals surface area contributed by atoms with Crippen molar-refractivity contribution in [1.29, 1.82) is 0 Å². The van der Waals surface area contributed by atoms with Crippen LogP contribution in [0.25, 0.3) is 11.3 Å². The molecule has 0 radical (unpaired) electrons. The third-order valence-electron chi connectivity index (χ3n) is 4.67. The van der Waals surface area contributed by atoms with Crippen LogP contribution in [0.4, 0.5) is 10.1 Å². The summed E-state index contributed by atoms with van der Waals surface area (Å²) in [5.74, 6) is 0.0932. The van der Waals surface area contributed by atoms with Crippen LogP contribution in [-0.4, -0.2) is 29.3 Å². The molecule has 0 unspecified atom stereocenters. The zero-order valence-electron chi connectivity index (χ0n) is 14.7. The number of nitro groups is 1.